The molecule has 0 bridgehead atoms. The van der Waals surface area contributed by atoms with Gasteiger partial charge in [0.1, 0.15) is 11.9 Å². The van der Waals surface area contributed by atoms with E-state index < -0.39 is 6.09 Å². The van der Waals surface area contributed by atoms with Gasteiger partial charge in [-0.25, -0.2) is 4.79 Å². The summed E-state index contributed by atoms with van der Waals surface area (Å²) in [6.45, 7) is 1.89. The quantitative estimate of drug-likeness (QED) is 0.822. The van der Waals surface area contributed by atoms with Crippen LogP contribution in [-0.2, 0) is 22.6 Å². The Morgan fingerprint density at radius 3 is 2.62 bits per heavy atom. The molecule has 1 aliphatic carbocycles. The van der Waals surface area contributed by atoms with Crippen LogP contribution < -0.4 is 0 Å². The number of rotatable bonds is 3. The molecule has 1 saturated carbocycles. The first-order valence-electron chi connectivity index (χ1n) is 10.0. The fraction of sp³-hybridized carbons (Fsp3) is 0.550. The number of halogens is 1. The van der Waals surface area contributed by atoms with Crippen LogP contribution >= 0.6 is 11.6 Å². The summed E-state index contributed by atoms with van der Waals surface area (Å²) in [5.41, 5.74) is 1.78. The van der Waals surface area contributed by atoms with Crippen LogP contribution in [0, 0.1) is 0 Å². The van der Waals surface area contributed by atoms with Gasteiger partial charge < -0.3 is 14.6 Å². The lowest BCUT2D eigenvalue weighted by atomic mass is 9.86. The van der Waals surface area contributed by atoms with E-state index in [1.807, 2.05) is 22.8 Å². The largest absolute Gasteiger partial charge is 0.465 e. The summed E-state index contributed by atoms with van der Waals surface area (Å²) in [7, 11) is 0. The zero-order chi connectivity index (χ0) is 20.0. The minimum absolute atomic E-state index is 0.203. The molecule has 1 aromatic carbocycles. The van der Waals surface area contributed by atoms with Gasteiger partial charge in [0, 0.05) is 10.9 Å². The topological polar surface area (TPSA) is 89.7 Å². The van der Waals surface area contributed by atoms with Crippen molar-refractivity contribution in [1.82, 2.24) is 19.7 Å². The van der Waals surface area contributed by atoms with Gasteiger partial charge in [0.25, 0.3) is 0 Å². The molecule has 2 aliphatic heterocycles. The van der Waals surface area contributed by atoms with Crippen LogP contribution in [0.15, 0.2) is 18.2 Å². The third-order valence-electron chi connectivity index (χ3n) is 6.03. The molecular weight excluding hydrogens is 396 g/mol. The van der Waals surface area contributed by atoms with Crippen LogP contribution in [0.3, 0.4) is 0 Å². The number of fused-ring (bicyclic) bond motifs is 3. The maximum absolute atomic E-state index is 11.7. The lowest BCUT2D eigenvalue weighted by Crippen LogP contribution is -2.40. The van der Waals surface area contributed by atoms with Gasteiger partial charge in [-0.1, -0.05) is 11.6 Å². The number of amides is 1. The molecule has 1 saturated heterocycles. The summed E-state index contributed by atoms with van der Waals surface area (Å²) in [6, 6.07) is 5.59. The Balaban J connectivity index is 1.43. The molecular formula is C20H23ClN4O4. The van der Waals surface area contributed by atoms with E-state index in [2.05, 4.69) is 10.2 Å². The minimum atomic E-state index is -0.980. The summed E-state index contributed by atoms with van der Waals surface area (Å²) in [5, 5.41) is 19.0. The van der Waals surface area contributed by atoms with E-state index in [0.29, 0.717) is 24.1 Å². The summed E-state index contributed by atoms with van der Waals surface area (Å²) in [5.74, 6) is 1.82. The fourth-order valence-corrected chi connectivity index (χ4v) is 4.64. The number of nitrogens with zero attached hydrogens (tertiary/aromatic N) is 4. The number of hydrogen-bond acceptors (Lipinski definition) is 5. The monoisotopic (exact) mass is 418 g/mol. The maximum atomic E-state index is 11.7. The van der Waals surface area contributed by atoms with E-state index in [9.17, 15) is 9.90 Å². The van der Waals surface area contributed by atoms with Crippen LogP contribution in [0.1, 0.15) is 48.8 Å². The van der Waals surface area contributed by atoms with Crippen LogP contribution in [0.4, 0.5) is 4.79 Å². The normalized spacial score (nSPS) is 24.4. The molecule has 3 heterocycles. The van der Waals surface area contributed by atoms with E-state index >= 15 is 0 Å². The Hall–Kier alpha value is -2.16. The van der Waals surface area contributed by atoms with E-state index in [4.69, 9.17) is 21.1 Å². The third-order valence-corrected chi connectivity index (χ3v) is 6.27. The maximum Gasteiger partial charge on any atom is 0.408 e. The summed E-state index contributed by atoms with van der Waals surface area (Å²) >= 11 is 6.19. The number of aromatic nitrogens is 3. The van der Waals surface area contributed by atoms with Gasteiger partial charge in [0.2, 0.25) is 0 Å². The molecule has 1 N–H and O–H groups in total. The number of carbonyl (C=O) groups is 1. The summed E-state index contributed by atoms with van der Waals surface area (Å²) < 4.78 is 13.3. The van der Waals surface area contributed by atoms with E-state index in [1.165, 1.54) is 4.90 Å². The van der Waals surface area contributed by atoms with Gasteiger partial charge in [-0.2, -0.15) is 0 Å². The number of carboxylic acid groups (broad SMARTS) is 1. The van der Waals surface area contributed by atoms with Gasteiger partial charge in [0.05, 0.1) is 38.1 Å². The smallest absolute Gasteiger partial charge is 0.408 e. The van der Waals surface area contributed by atoms with Crippen molar-refractivity contribution in [3.05, 3.63) is 40.4 Å². The molecule has 1 amide bonds. The van der Waals surface area contributed by atoms with E-state index in [1.54, 1.807) is 0 Å². The third kappa shape index (κ3) is 3.60. The fourth-order valence-electron chi connectivity index (χ4n) is 4.45. The first-order chi connectivity index (χ1) is 14.1. The lowest BCUT2D eigenvalue weighted by molar-refractivity contribution is -0.160. The van der Waals surface area contributed by atoms with E-state index in [0.717, 1.165) is 42.8 Å². The number of hydrogen-bond donors (Lipinski definition) is 1. The van der Waals surface area contributed by atoms with Gasteiger partial charge in [-0.15, -0.1) is 10.2 Å². The Bertz CT molecular complexity index is 921. The molecule has 9 heteroatoms. The summed E-state index contributed by atoms with van der Waals surface area (Å²) in [4.78, 5) is 13.0. The standard InChI is InChI=1S/C20H23ClN4O4/c21-14-3-6-17-13(7-14)8-24(20(26)27)9-18-22-23-19(25(17)18)12-1-4-15(5-2-12)29-16-10-28-11-16/h3,6-7,12,15-16H,1-2,4-5,8-11H2,(H,26,27)/t12-,15-. The van der Waals surface area contributed by atoms with Crippen molar-refractivity contribution in [1.29, 1.82) is 0 Å². The molecule has 5 rings (SSSR count). The van der Waals surface area contributed by atoms with Crippen molar-refractivity contribution < 1.29 is 19.4 Å². The highest BCUT2D eigenvalue weighted by atomic mass is 35.5. The summed E-state index contributed by atoms with van der Waals surface area (Å²) in [6.07, 6.45) is 3.46. The van der Waals surface area contributed by atoms with Crippen molar-refractivity contribution in [3.8, 4) is 5.69 Å². The second kappa shape index (κ2) is 7.59. The molecule has 2 aromatic rings. The van der Waals surface area contributed by atoms with Crippen molar-refractivity contribution in [3.63, 3.8) is 0 Å². The molecule has 0 radical (unpaired) electrons. The van der Waals surface area contributed by atoms with Crippen molar-refractivity contribution >= 4 is 17.7 Å². The van der Waals surface area contributed by atoms with Crippen LogP contribution in [-0.4, -0.2) is 56.3 Å². The zero-order valence-electron chi connectivity index (χ0n) is 16.0. The van der Waals surface area contributed by atoms with Gasteiger partial charge >= 0.3 is 6.09 Å². The van der Waals surface area contributed by atoms with Crippen LogP contribution in [0.2, 0.25) is 5.02 Å². The number of benzene rings is 1. The Labute approximate surface area is 173 Å². The molecule has 2 fully saturated rings. The Morgan fingerprint density at radius 2 is 1.93 bits per heavy atom. The molecule has 3 aliphatic rings. The first-order valence-corrected chi connectivity index (χ1v) is 10.4. The van der Waals surface area contributed by atoms with Crippen molar-refractivity contribution in [2.75, 3.05) is 13.2 Å². The van der Waals surface area contributed by atoms with Crippen molar-refractivity contribution in [2.24, 2.45) is 0 Å². The second-order valence-corrected chi connectivity index (χ2v) is 8.43. The van der Waals surface area contributed by atoms with Crippen LogP contribution in [0.5, 0.6) is 0 Å². The lowest BCUT2D eigenvalue weighted by Gasteiger charge is -2.34. The van der Waals surface area contributed by atoms with Crippen LogP contribution in [0.25, 0.3) is 5.69 Å². The predicted octanol–water partition coefficient (Wildman–Crippen LogP) is 3.36. The first kappa shape index (κ1) is 18.8. The SMILES string of the molecule is O=C(O)N1Cc2cc(Cl)ccc2-n2c(nnc2[C@H]2CC[C@H](OC3COC3)CC2)C1. The molecule has 29 heavy (non-hydrogen) atoms. The predicted molar refractivity (Wildman–Crippen MR) is 104 cm³/mol. The molecule has 8 nitrogen and oxygen atoms in total. The molecule has 0 unspecified atom stereocenters. The average Bonchev–Trinajstić information content (AvgIpc) is 3.01. The highest BCUT2D eigenvalue weighted by Crippen LogP contribution is 2.37. The second-order valence-electron chi connectivity index (χ2n) is 7.99. The Kier molecular flexibility index (Phi) is 4.93. The Morgan fingerprint density at radius 1 is 1.14 bits per heavy atom. The molecule has 154 valence electrons. The number of ether oxygens (including phenoxy) is 2. The van der Waals surface area contributed by atoms with Gasteiger partial charge in [-0.05, 0) is 49.4 Å². The molecule has 0 atom stereocenters. The zero-order valence-corrected chi connectivity index (χ0v) is 16.7. The molecule has 0 spiro atoms. The minimum Gasteiger partial charge on any atom is -0.465 e. The molecule has 1 aromatic heterocycles. The highest BCUT2D eigenvalue weighted by molar-refractivity contribution is 6.30. The highest BCUT2D eigenvalue weighted by Gasteiger charge is 2.33. The van der Waals surface area contributed by atoms with Gasteiger partial charge in [-0.3, -0.25) is 9.47 Å². The van der Waals surface area contributed by atoms with Crippen molar-refractivity contribution in [2.45, 2.75) is 56.9 Å². The van der Waals surface area contributed by atoms with E-state index in [-0.39, 0.29) is 31.2 Å². The average molecular weight is 419 g/mol. The van der Waals surface area contributed by atoms with Gasteiger partial charge in [0.15, 0.2) is 5.82 Å².